The SMILES string of the molecule is Cc1ccc(CN(C(=O)c2cc3ccc(Br)cc3[nH]2)C2CC2)cc1. The molecule has 0 bridgehead atoms. The molecule has 3 nitrogen and oxygen atoms in total. The summed E-state index contributed by atoms with van der Waals surface area (Å²) < 4.78 is 1.01. The fourth-order valence-corrected chi connectivity index (χ4v) is 3.37. The summed E-state index contributed by atoms with van der Waals surface area (Å²) in [6.07, 6.45) is 2.20. The molecule has 0 saturated heterocycles. The van der Waals surface area contributed by atoms with Crippen LogP contribution in [0, 0.1) is 6.92 Å². The molecule has 0 spiro atoms. The molecular weight excluding hydrogens is 364 g/mol. The fourth-order valence-electron chi connectivity index (χ4n) is 3.01. The molecule has 1 heterocycles. The Labute approximate surface area is 149 Å². The number of nitrogens with zero attached hydrogens (tertiary/aromatic N) is 1. The van der Waals surface area contributed by atoms with Crippen molar-refractivity contribution in [2.75, 3.05) is 0 Å². The monoisotopic (exact) mass is 382 g/mol. The predicted octanol–water partition coefficient (Wildman–Crippen LogP) is 5.04. The quantitative estimate of drug-likeness (QED) is 0.673. The van der Waals surface area contributed by atoms with Crippen LogP contribution < -0.4 is 0 Å². The van der Waals surface area contributed by atoms with Gasteiger partial charge in [0.05, 0.1) is 0 Å². The van der Waals surface area contributed by atoms with E-state index in [0.717, 1.165) is 28.2 Å². The largest absolute Gasteiger partial charge is 0.350 e. The van der Waals surface area contributed by atoms with Gasteiger partial charge in [0.2, 0.25) is 0 Å². The number of fused-ring (bicyclic) bond motifs is 1. The van der Waals surface area contributed by atoms with Crippen molar-refractivity contribution in [3.8, 4) is 0 Å². The van der Waals surface area contributed by atoms with E-state index >= 15 is 0 Å². The molecular formula is C20H19BrN2O. The molecule has 4 rings (SSSR count). The van der Waals surface area contributed by atoms with Crippen LogP contribution in [0.3, 0.4) is 0 Å². The summed E-state index contributed by atoms with van der Waals surface area (Å²) in [7, 11) is 0. The Hall–Kier alpha value is -2.07. The average molecular weight is 383 g/mol. The molecule has 1 aliphatic carbocycles. The van der Waals surface area contributed by atoms with E-state index in [1.54, 1.807) is 0 Å². The summed E-state index contributed by atoms with van der Waals surface area (Å²) in [4.78, 5) is 18.3. The first-order valence-corrected chi connectivity index (χ1v) is 9.04. The maximum absolute atomic E-state index is 13.0. The lowest BCUT2D eigenvalue weighted by Gasteiger charge is -2.22. The predicted molar refractivity (Wildman–Crippen MR) is 100 cm³/mol. The van der Waals surface area contributed by atoms with Gasteiger partial charge in [0.15, 0.2) is 0 Å². The lowest BCUT2D eigenvalue weighted by atomic mass is 10.1. The van der Waals surface area contributed by atoms with Gasteiger partial charge in [0.25, 0.3) is 5.91 Å². The van der Waals surface area contributed by atoms with E-state index in [1.807, 2.05) is 29.2 Å². The van der Waals surface area contributed by atoms with Gasteiger partial charge < -0.3 is 9.88 Å². The Bertz CT molecular complexity index is 894. The molecule has 0 aliphatic heterocycles. The molecule has 1 fully saturated rings. The minimum absolute atomic E-state index is 0.0883. The van der Waals surface area contributed by atoms with Gasteiger partial charge >= 0.3 is 0 Å². The number of carbonyl (C=O) groups excluding carboxylic acids is 1. The molecule has 24 heavy (non-hydrogen) atoms. The molecule has 0 unspecified atom stereocenters. The second kappa shape index (κ2) is 6.10. The molecule has 1 saturated carbocycles. The molecule has 0 radical (unpaired) electrons. The Morgan fingerprint density at radius 1 is 1.17 bits per heavy atom. The van der Waals surface area contributed by atoms with Crippen molar-refractivity contribution in [1.82, 2.24) is 9.88 Å². The zero-order valence-corrected chi connectivity index (χ0v) is 15.1. The number of rotatable bonds is 4. The zero-order valence-electron chi connectivity index (χ0n) is 13.6. The number of aromatic amines is 1. The highest BCUT2D eigenvalue weighted by Gasteiger charge is 2.33. The third kappa shape index (κ3) is 3.11. The van der Waals surface area contributed by atoms with Crippen LogP contribution >= 0.6 is 15.9 Å². The Morgan fingerprint density at radius 3 is 2.62 bits per heavy atom. The average Bonchev–Trinajstić information content (AvgIpc) is 3.32. The lowest BCUT2D eigenvalue weighted by Crippen LogP contribution is -2.32. The molecule has 122 valence electrons. The fraction of sp³-hybridized carbons (Fsp3) is 0.250. The summed E-state index contributed by atoms with van der Waals surface area (Å²) in [5, 5.41) is 1.06. The Balaban J connectivity index is 1.62. The summed E-state index contributed by atoms with van der Waals surface area (Å²) in [5.74, 6) is 0.0883. The second-order valence-electron chi connectivity index (χ2n) is 6.56. The number of nitrogens with one attached hydrogen (secondary N) is 1. The summed E-state index contributed by atoms with van der Waals surface area (Å²) in [6, 6.07) is 16.8. The smallest absolute Gasteiger partial charge is 0.270 e. The first-order chi connectivity index (χ1) is 11.6. The molecule has 0 atom stereocenters. The van der Waals surface area contributed by atoms with E-state index in [2.05, 4.69) is 52.1 Å². The van der Waals surface area contributed by atoms with Crippen molar-refractivity contribution in [3.63, 3.8) is 0 Å². The van der Waals surface area contributed by atoms with Crippen molar-refractivity contribution in [3.05, 3.63) is 69.8 Å². The van der Waals surface area contributed by atoms with E-state index in [4.69, 9.17) is 0 Å². The van der Waals surface area contributed by atoms with Crippen molar-refractivity contribution < 1.29 is 4.79 Å². The molecule has 2 aromatic carbocycles. The van der Waals surface area contributed by atoms with Gasteiger partial charge in [-0.05, 0) is 43.5 Å². The van der Waals surface area contributed by atoms with Gasteiger partial charge in [-0.3, -0.25) is 4.79 Å². The molecule has 1 aliphatic rings. The Kier molecular flexibility index (Phi) is 3.93. The number of carbonyl (C=O) groups is 1. The molecule has 1 N–H and O–H groups in total. The molecule has 1 amide bonds. The van der Waals surface area contributed by atoms with Crippen LogP contribution in [-0.2, 0) is 6.54 Å². The maximum atomic E-state index is 13.0. The number of H-pyrrole nitrogens is 1. The highest BCUT2D eigenvalue weighted by molar-refractivity contribution is 9.10. The topological polar surface area (TPSA) is 36.1 Å². The molecule has 3 aromatic rings. The standard InChI is InChI=1S/C20H19BrN2O/c1-13-2-4-14(5-3-13)12-23(17-8-9-17)20(24)19-10-15-6-7-16(21)11-18(15)22-19/h2-7,10-11,17,22H,8-9,12H2,1H3. The van der Waals surface area contributed by atoms with Crippen LogP contribution in [0.4, 0.5) is 0 Å². The van der Waals surface area contributed by atoms with Crippen LogP contribution in [-0.4, -0.2) is 21.8 Å². The lowest BCUT2D eigenvalue weighted by molar-refractivity contribution is 0.0725. The van der Waals surface area contributed by atoms with Gasteiger partial charge in [-0.1, -0.05) is 51.8 Å². The maximum Gasteiger partial charge on any atom is 0.270 e. The van der Waals surface area contributed by atoms with Crippen LogP contribution in [0.25, 0.3) is 10.9 Å². The second-order valence-corrected chi connectivity index (χ2v) is 7.48. The summed E-state index contributed by atoms with van der Waals surface area (Å²) in [5.41, 5.74) is 4.07. The third-order valence-corrected chi connectivity index (χ3v) is 5.03. The first-order valence-electron chi connectivity index (χ1n) is 8.25. The van der Waals surface area contributed by atoms with Crippen LogP contribution in [0.2, 0.25) is 0 Å². The number of hydrogen-bond donors (Lipinski definition) is 1. The van der Waals surface area contributed by atoms with Crippen LogP contribution in [0.5, 0.6) is 0 Å². The van der Waals surface area contributed by atoms with E-state index in [0.29, 0.717) is 18.3 Å². The summed E-state index contributed by atoms with van der Waals surface area (Å²) >= 11 is 3.48. The van der Waals surface area contributed by atoms with Gasteiger partial charge in [-0.15, -0.1) is 0 Å². The highest BCUT2D eigenvalue weighted by atomic mass is 79.9. The number of aromatic nitrogens is 1. The third-order valence-electron chi connectivity index (χ3n) is 4.54. The van der Waals surface area contributed by atoms with Crippen molar-refractivity contribution in [2.24, 2.45) is 0 Å². The molecule has 4 heteroatoms. The number of halogens is 1. The van der Waals surface area contributed by atoms with Gasteiger partial charge in [-0.2, -0.15) is 0 Å². The number of benzene rings is 2. The van der Waals surface area contributed by atoms with E-state index in [9.17, 15) is 4.79 Å². The molecule has 1 aromatic heterocycles. The number of aryl methyl sites for hydroxylation is 1. The van der Waals surface area contributed by atoms with Crippen molar-refractivity contribution in [1.29, 1.82) is 0 Å². The minimum Gasteiger partial charge on any atom is -0.350 e. The Morgan fingerprint density at radius 2 is 1.92 bits per heavy atom. The first kappa shape index (κ1) is 15.5. The van der Waals surface area contributed by atoms with Gasteiger partial charge in [-0.25, -0.2) is 0 Å². The summed E-state index contributed by atoms with van der Waals surface area (Å²) in [6.45, 7) is 2.75. The van der Waals surface area contributed by atoms with Crippen molar-refractivity contribution >= 4 is 32.7 Å². The van der Waals surface area contributed by atoms with E-state index in [-0.39, 0.29) is 5.91 Å². The zero-order chi connectivity index (χ0) is 16.7. The van der Waals surface area contributed by atoms with E-state index in [1.165, 1.54) is 11.1 Å². The van der Waals surface area contributed by atoms with Crippen LogP contribution in [0.15, 0.2) is 53.0 Å². The number of hydrogen-bond acceptors (Lipinski definition) is 1. The van der Waals surface area contributed by atoms with Crippen molar-refractivity contribution in [2.45, 2.75) is 32.4 Å². The normalized spacial score (nSPS) is 14.1. The highest BCUT2D eigenvalue weighted by Crippen LogP contribution is 2.30. The van der Waals surface area contributed by atoms with Gasteiger partial charge in [0, 0.05) is 28.0 Å². The van der Waals surface area contributed by atoms with Crippen LogP contribution in [0.1, 0.15) is 34.5 Å². The minimum atomic E-state index is 0.0883. The van der Waals surface area contributed by atoms with Gasteiger partial charge in [0.1, 0.15) is 5.69 Å². The number of amides is 1. The van der Waals surface area contributed by atoms with E-state index < -0.39 is 0 Å².